The molecular weight excluding hydrogens is 214 g/mol. The molecule has 1 heterocycles. The Morgan fingerprint density at radius 1 is 1.35 bits per heavy atom. The van der Waals surface area contributed by atoms with Crippen molar-refractivity contribution in [3.8, 4) is 0 Å². The first-order chi connectivity index (χ1) is 8.15. The summed E-state index contributed by atoms with van der Waals surface area (Å²) in [6, 6.07) is 0. The van der Waals surface area contributed by atoms with Gasteiger partial charge in [0.05, 0.1) is 0 Å². The van der Waals surface area contributed by atoms with Crippen molar-refractivity contribution in [1.82, 2.24) is 4.90 Å². The Kier molecular flexibility index (Phi) is 5.18. The van der Waals surface area contributed by atoms with E-state index < -0.39 is 0 Å². The second-order valence-corrected chi connectivity index (χ2v) is 3.94. The van der Waals surface area contributed by atoms with E-state index in [0.29, 0.717) is 13.0 Å². The average molecular weight is 231 g/mol. The van der Waals surface area contributed by atoms with Crippen LogP contribution in [0, 0.1) is 0 Å². The first-order valence-corrected chi connectivity index (χ1v) is 5.72. The molecule has 1 aliphatic rings. The molecule has 0 unspecified atom stereocenters. The number of amides is 1. The highest BCUT2D eigenvalue weighted by Crippen LogP contribution is 2.14. The third kappa shape index (κ3) is 4.25. The van der Waals surface area contributed by atoms with Crippen molar-refractivity contribution in [2.24, 2.45) is 0 Å². The maximum Gasteiger partial charge on any atom is 0.251 e. The fraction of sp³-hybridized carbons (Fsp3) is 0.357. The van der Waals surface area contributed by atoms with Gasteiger partial charge in [-0.25, -0.2) is 0 Å². The number of carbonyl (C=O) groups is 2. The third-order valence-corrected chi connectivity index (χ3v) is 2.60. The van der Waals surface area contributed by atoms with E-state index >= 15 is 0 Å². The molecule has 17 heavy (non-hydrogen) atoms. The van der Waals surface area contributed by atoms with Crippen LogP contribution in [0.2, 0.25) is 0 Å². The Morgan fingerprint density at radius 2 is 2.12 bits per heavy atom. The molecule has 0 bridgehead atoms. The molecule has 0 atom stereocenters. The van der Waals surface area contributed by atoms with E-state index in [-0.39, 0.29) is 11.7 Å². The van der Waals surface area contributed by atoms with Crippen molar-refractivity contribution in [2.75, 3.05) is 6.54 Å². The molecule has 0 aliphatic carbocycles. The second-order valence-electron chi connectivity index (χ2n) is 3.94. The fourth-order valence-corrected chi connectivity index (χ4v) is 1.67. The van der Waals surface area contributed by atoms with Gasteiger partial charge in [0.2, 0.25) is 0 Å². The van der Waals surface area contributed by atoms with E-state index in [4.69, 9.17) is 0 Å². The van der Waals surface area contributed by atoms with Crippen LogP contribution in [0.4, 0.5) is 0 Å². The molecule has 0 saturated heterocycles. The SMILES string of the molecule is C=C=CC(=O)CCCCCN1C(=C)C=CC1=O. The average Bonchev–Trinajstić information content (AvgIpc) is 2.60. The van der Waals surface area contributed by atoms with Gasteiger partial charge in [-0.05, 0) is 18.9 Å². The van der Waals surface area contributed by atoms with Gasteiger partial charge in [0.25, 0.3) is 5.91 Å². The van der Waals surface area contributed by atoms with Gasteiger partial charge in [-0.3, -0.25) is 9.59 Å². The minimum Gasteiger partial charge on any atom is -0.309 e. The normalized spacial score (nSPS) is 14.0. The van der Waals surface area contributed by atoms with Crippen LogP contribution in [0.3, 0.4) is 0 Å². The molecule has 0 aromatic carbocycles. The zero-order valence-electron chi connectivity index (χ0n) is 9.95. The van der Waals surface area contributed by atoms with Crippen LogP contribution in [0.5, 0.6) is 0 Å². The highest BCUT2D eigenvalue weighted by molar-refractivity contribution is 5.93. The molecule has 0 saturated carbocycles. The molecule has 0 spiro atoms. The number of nitrogens with zero attached hydrogens (tertiary/aromatic N) is 1. The van der Waals surface area contributed by atoms with Crippen LogP contribution >= 0.6 is 0 Å². The summed E-state index contributed by atoms with van der Waals surface area (Å²) in [7, 11) is 0. The van der Waals surface area contributed by atoms with E-state index in [1.165, 1.54) is 12.2 Å². The maximum atomic E-state index is 11.3. The highest BCUT2D eigenvalue weighted by Gasteiger charge is 2.17. The van der Waals surface area contributed by atoms with Crippen LogP contribution in [0.15, 0.2) is 42.8 Å². The summed E-state index contributed by atoms with van der Waals surface area (Å²) in [6.45, 7) is 7.81. The molecule has 3 heteroatoms. The quantitative estimate of drug-likeness (QED) is 0.383. The number of ketones is 1. The topological polar surface area (TPSA) is 37.4 Å². The molecule has 0 N–H and O–H groups in total. The monoisotopic (exact) mass is 231 g/mol. The highest BCUT2D eigenvalue weighted by atomic mass is 16.2. The van der Waals surface area contributed by atoms with Crippen molar-refractivity contribution < 1.29 is 9.59 Å². The summed E-state index contributed by atoms with van der Waals surface area (Å²) >= 11 is 0. The van der Waals surface area contributed by atoms with Gasteiger partial charge in [-0.1, -0.05) is 19.6 Å². The largest absolute Gasteiger partial charge is 0.309 e. The van der Waals surface area contributed by atoms with Crippen molar-refractivity contribution in [3.63, 3.8) is 0 Å². The zero-order chi connectivity index (χ0) is 12.7. The minimum absolute atomic E-state index is 0.000618. The molecule has 90 valence electrons. The van der Waals surface area contributed by atoms with Crippen LogP contribution in [0.1, 0.15) is 25.7 Å². The van der Waals surface area contributed by atoms with E-state index in [9.17, 15) is 9.59 Å². The molecule has 1 amide bonds. The van der Waals surface area contributed by atoms with Crippen LogP contribution in [0.25, 0.3) is 0 Å². The van der Waals surface area contributed by atoms with Crippen molar-refractivity contribution in [2.45, 2.75) is 25.7 Å². The Labute approximate surface area is 102 Å². The van der Waals surface area contributed by atoms with Gasteiger partial charge < -0.3 is 4.90 Å². The van der Waals surface area contributed by atoms with E-state index in [2.05, 4.69) is 18.9 Å². The number of rotatable bonds is 7. The van der Waals surface area contributed by atoms with Crippen molar-refractivity contribution in [3.05, 3.63) is 42.8 Å². The summed E-state index contributed by atoms with van der Waals surface area (Å²) < 4.78 is 0. The predicted molar refractivity (Wildman–Crippen MR) is 67.2 cm³/mol. The second kappa shape index (κ2) is 6.66. The number of carbonyl (C=O) groups excluding carboxylic acids is 2. The summed E-state index contributed by atoms with van der Waals surface area (Å²) in [5.41, 5.74) is 3.22. The number of unbranched alkanes of at least 4 members (excludes halogenated alkanes) is 2. The molecule has 0 aromatic heterocycles. The lowest BCUT2D eigenvalue weighted by molar-refractivity contribution is -0.123. The first-order valence-electron chi connectivity index (χ1n) is 5.72. The summed E-state index contributed by atoms with van der Waals surface area (Å²) in [5, 5.41) is 0. The van der Waals surface area contributed by atoms with E-state index in [1.807, 2.05) is 0 Å². The lowest BCUT2D eigenvalue weighted by atomic mass is 10.1. The van der Waals surface area contributed by atoms with Gasteiger partial charge in [-0.2, -0.15) is 0 Å². The maximum absolute atomic E-state index is 11.3. The number of allylic oxidation sites excluding steroid dienone is 2. The molecular formula is C14H17NO2. The molecule has 0 fully saturated rings. The Morgan fingerprint density at radius 3 is 2.71 bits per heavy atom. The van der Waals surface area contributed by atoms with Gasteiger partial charge in [0.15, 0.2) is 5.78 Å². The molecule has 1 aliphatic heterocycles. The minimum atomic E-state index is 0.000618. The third-order valence-electron chi connectivity index (χ3n) is 2.60. The Balaban J connectivity index is 2.13. The van der Waals surface area contributed by atoms with E-state index in [1.54, 1.807) is 11.0 Å². The van der Waals surface area contributed by atoms with Crippen LogP contribution in [-0.4, -0.2) is 23.1 Å². The molecule has 1 rings (SSSR count). The van der Waals surface area contributed by atoms with Gasteiger partial charge in [-0.15, -0.1) is 5.73 Å². The smallest absolute Gasteiger partial charge is 0.251 e. The molecule has 3 nitrogen and oxygen atoms in total. The molecule has 0 aromatic rings. The van der Waals surface area contributed by atoms with Gasteiger partial charge in [0, 0.05) is 30.8 Å². The summed E-state index contributed by atoms with van der Waals surface area (Å²) in [4.78, 5) is 24.1. The standard InChI is InChI=1S/C14H17NO2/c1-3-7-13(16)8-5-4-6-11-15-12(2)9-10-14(15)17/h7,9-10H,1-2,4-6,8,11H2. The first kappa shape index (κ1) is 13.2. The summed E-state index contributed by atoms with van der Waals surface area (Å²) in [6.07, 6.45) is 7.79. The number of hydrogen-bond donors (Lipinski definition) is 0. The lowest BCUT2D eigenvalue weighted by Crippen LogP contribution is -2.24. The van der Waals surface area contributed by atoms with Crippen LogP contribution < -0.4 is 0 Å². The zero-order valence-corrected chi connectivity index (χ0v) is 9.95. The van der Waals surface area contributed by atoms with E-state index in [0.717, 1.165) is 25.0 Å². The molecule has 0 radical (unpaired) electrons. The van der Waals surface area contributed by atoms with Gasteiger partial charge >= 0.3 is 0 Å². The summed E-state index contributed by atoms with van der Waals surface area (Å²) in [5.74, 6) is 0.0593. The van der Waals surface area contributed by atoms with Crippen molar-refractivity contribution >= 4 is 11.7 Å². The Hall–Kier alpha value is -1.86. The van der Waals surface area contributed by atoms with Crippen LogP contribution in [-0.2, 0) is 9.59 Å². The van der Waals surface area contributed by atoms with Crippen molar-refractivity contribution in [1.29, 1.82) is 0 Å². The Bertz CT molecular complexity index is 382. The van der Waals surface area contributed by atoms with Gasteiger partial charge in [0.1, 0.15) is 0 Å². The fourth-order valence-electron chi connectivity index (χ4n) is 1.67. The lowest BCUT2D eigenvalue weighted by Gasteiger charge is -2.16. The number of hydrogen-bond acceptors (Lipinski definition) is 2. The predicted octanol–water partition coefficient (Wildman–Crippen LogP) is 2.37.